The summed E-state index contributed by atoms with van der Waals surface area (Å²) in [6, 6.07) is 16.5. The summed E-state index contributed by atoms with van der Waals surface area (Å²) in [6.45, 7) is 0.539. The summed E-state index contributed by atoms with van der Waals surface area (Å²) < 4.78 is 5.09. The van der Waals surface area contributed by atoms with E-state index in [1.54, 1.807) is 30.4 Å². The van der Waals surface area contributed by atoms with Crippen LogP contribution >= 0.6 is 0 Å². The molecule has 0 aromatic heterocycles. The Labute approximate surface area is 135 Å². The number of amides is 1. The number of hydrogen-bond acceptors (Lipinski definition) is 4. The predicted octanol–water partition coefficient (Wildman–Crippen LogP) is 3.08. The second kappa shape index (κ2) is 8.25. The third kappa shape index (κ3) is 5.21. The van der Waals surface area contributed by atoms with Gasteiger partial charge in [-0.15, -0.1) is 0 Å². The van der Waals surface area contributed by atoms with E-state index >= 15 is 0 Å². The number of benzene rings is 2. The van der Waals surface area contributed by atoms with Crippen molar-refractivity contribution in [2.45, 2.75) is 6.61 Å². The van der Waals surface area contributed by atoms with Crippen LogP contribution in [0.3, 0.4) is 0 Å². The van der Waals surface area contributed by atoms with Gasteiger partial charge in [0.1, 0.15) is 6.61 Å². The molecule has 2 aromatic carbocycles. The van der Waals surface area contributed by atoms with Crippen LogP contribution in [0, 0.1) is 11.3 Å². The van der Waals surface area contributed by atoms with Crippen molar-refractivity contribution in [2.24, 2.45) is 0 Å². The van der Waals surface area contributed by atoms with Crippen molar-refractivity contribution in [2.75, 3.05) is 12.3 Å². The van der Waals surface area contributed by atoms with Crippen molar-refractivity contribution in [1.82, 2.24) is 5.32 Å². The lowest BCUT2D eigenvalue weighted by molar-refractivity contribution is 0.141. The number of ether oxygens (including phenoxy) is 1. The van der Waals surface area contributed by atoms with Crippen LogP contribution < -0.4 is 11.1 Å². The van der Waals surface area contributed by atoms with Crippen LogP contribution in [0.4, 0.5) is 10.5 Å². The van der Waals surface area contributed by atoms with Gasteiger partial charge in [0, 0.05) is 12.2 Å². The summed E-state index contributed by atoms with van der Waals surface area (Å²) in [5, 5.41) is 11.5. The third-order valence-corrected chi connectivity index (χ3v) is 3.09. The standard InChI is InChI=1S/C18H17N3O2/c19-12-15-8-9-17(20)16(11-15)7-4-10-21-18(22)23-13-14-5-2-1-3-6-14/h1-9,11H,10,13,20H2,(H,21,22). The number of alkyl carbamates (subject to hydrolysis) is 1. The highest BCUT2D eigenvalue weighted by molar-refractivity contribution is 5.69. The van der Waals surface area contributed by atoms with Gasteiger partial charge >= 0.3 is 6.09 Å². The van der Waals surface area contributed by atoms with E-state index in [4.69, 9.17) is 15.7 Å². The van der Waals surface area contributed by atoms with Gasteiger partial charge in [0.2, 0.25) is 0 Å². The smallest absolute Gasteiger partial charge is 0.407 e. The fourth-order valence-electron chi connectivity index (χ4n) is 1.89. The van der Waals surface area contributed by atoms with Crippen molar-refractivity contribution < 1.29 is 9.53 Å². The lowest BCUT2D eigenvalue weighted by Gasteiger charge is -2.05. The monoisotopic (exact) mass is 307 g/mol. The zero-order valence-corrected chi connectivity index (χ0v) is 12.5. The third-order valence-electron chi connectivity index (χ3n) is 3.09. The average molecular weight is 307 g/mol. The Morgan fingerprint density at radius 3 is 2.78 bits per heavy atom. The summed E-state index contributed by atoms with van der Waals surface area (Å²) in [4.78, 5) is 11.6. The molecule has 0 radical (unpaired) electrons. The minimum absolute atomic E-state index is 0.230. The minimum atomic E-state index is -0.489. The molecule has 0 heterocycles. The highest BCUT2D eigenvalue weighted by Gasteiger charge is 2.01. The first-order valence-corrected chi connectivity index (χ1v) is 7.10. The molecule has 0 fully saturated rings. The Balaban J connectivity index is 1.78. The number of carbonyl (C=O) groups excluding carboxylic acids is 1. The zero-order chi connectivity index (χ0) is 16.5. The number of nitrogen functional groups attached to an aromatic ring is 1. The molecular formula is C18H17N3O2. The fraction of sp³-hybridized carbons (Fsp3) is 0.111. The molecule has 0 saturated heterocycles. The summed E-state index contributed by atoms with van der Waals surface area (Å²) >= 11 is 0. The van der Waals surface area contributed by atoms with E-state index in [0.29, 0.717) is 17.8 Å². The number of nitriles is 1. The molecule has 0 aliphatic rings. The van der Waals surface area contributed by atoms with Gasteiger partial charge in [-0.3, -0.25) is 0 Å². The molecule has 0 unspecified atom stereocenters. The summed E-state index contributed by atoms with van der Waals surface area (Å²) in [5.41, 5.74) is 8.61. The molecule has 0 spiro atoms. The van der Waals surface area contributed by atoms with Crippen LogP contribution in [-0.2, 0) is 11.3 Å². The second-order valence-electron chi connectivity index (χ2n) is 4.80. The maximum Gasteiger partial charge on any atom is 0.407 e. The number of nitrogens with zero attached hydrogens (tertiary/aromatic N) is 1. The molecule has 3 N–H and O–H groups in total. The Morgan fingerprint density at radius 1 is 1.26 bits per heavy atom. The van der Waals surface area contributed by atoms with E-state index in [1.165, 1.54) is 0 Å². The van der Waals surface area contributed by atoms with Crippen LogP contribution in [-0.4, -0.2) is 12.6 Å². The van der Waals surface area contributed by atoms with Crippen LogP contribution in [0.1, 0.15) is 16.7 Å². The molecule has 23 heavy (non-hydrogen) atoms. The number of carbonyl (C=O) groups is 1. The maximum atomic E-state index is 11.6. The van der Waals surface area contributed by atoms with Gasteiger partial charge in [0.25, 0.3) is 0 Å². The van der Waals surface area contributed by atoms with Crippen molar-refractivity contribution in [3.8, 4) is 6.07 Å². The zero-order valence-electron chi connectivity index (χ0n) is 12.5. The summed E-state index contributed by atoms with van der Waals surface area (Å²) in [7, 11) is 0. The van der Waals surface area contributed by atoms with Gasteiger partial charge in [-0.1, -0.05) is 42.5 Å². The normalized spacial score (nSPS) is 10.2. The quantitative estimate of drug-likeness (QED) is 0.831. The largest absolute Gasteiger partial charge is 0.445 e. The summed E-state index contributed by atoms with van der Waals surface area (Å²) in [6.07, 6.45) is 3.02. The van der Waals surface area contributed by atoms with Crippen LogP contribution in [0.5, 0.6) is 0 Å². The fourth-order valence-corrected chi connectivity index (χ4v) is 1.89. The first kappa shape index (κ1) is 16.1. The topological polar surface area (TPSA) is 88.1 Å². The van der Waals surface area contributed by atoms with E-state index in [9.17, 15) is 4.79 Å². The minimum Gasteiger partial charge on any atom is -0.445 e. The number of nitrogens with one attached hydrogen (secondary N) is 1. The number of rotatable bonds is 5. The van der Waals surface area contributed by atoms with Crippen molar-refractivity contribution in [3.05, 3.63) is 71.3 Å². The second-order valence-corrected chi connectivity index (χ2v) is 4.80. The van der Waals surface area contributed by atoms with Crippen LogP contribution in [0.15, 0.2) is 54.6 Å². The molecule has 2 aromatic rings. The molecule has 5 heteroatoms. The van der Waals surface area contributed by atoms with Gasteiger partial charge in [-0.05, 0) is 29.3 Å². The maximum absolute atomic E-state index is 11.6. The molecule has 2 rings (SSSR count). The molecule has 5 nitrogen and oxygen atoms in total. The number of nitrogens with two attached hydrogens (primary N) is 1. The molecule has 0 aliphatic heterocycles. The van der Waals surface area contributed by atoms with Gasteiger partial charge in [0.05, 0.1) is 11.6 Å². The lowest BCUT2D eigenvalue weighted by Crippen LogP contribution is -2.24. The molecule has 116 valence electrons. The van der Waals surface area contributed by atoms with Crippen molar-refractivity contribution >= 4 is 17.9 Å². The van der Waals surface area contributed by atoms with Gasteiger partial charge in [0.15, 0.2) is 0 Å². The number of anilines is 1. The SMILES string of the molecule is N#Cc1ccc(N)c(C=CCNC(=O)OCc2ccccc2)c1. The predicted molar refractivity (Wildman–Crippen MR) is 89.2 cm³/mol. The van der Waals surface area contributed by atoms with Gasteiger partial charge < -0.3 is 15.8 Å². The highest BCUT2D eigenvalue weighted by Crippen LogP contribution is 2.15. The van der Waals surface area contributed by atoms with E-state index in [2.05, 4.69) is 11.4 Å². The molecule has 0 saturated carbocycles. The first-order valence-electron chi connectivity index (χ1n) is 7.10. The Kier molecular flexibility index (Phi) is 5.78. The molecule has 1 amide bonds. The van der Waals surface area contributed by atoms with Crippen molar-refractivity contribution in [1.29, 1.82) is 5.26 Å². The van der Waals surface area contributed by atoms with E-state index in [0.717, 1.165) is 11.1 Å². The summed E-state index contributed by atoms with van der Waals surface area (Å²) in [5.74, 6) is 0. The molecular weight excluding hydrogens is 290 g/mol. The first-order chi connectivity index (χ1) is 11.2. The molecule has 0 atom stereocenters. The highest BCUT2D eigenvalue weighted by atomic mass is 16.5. The Bertz CT molecular complexity index is 734. The van der Waals surface area contributed by atoms with E-state index < -0.39 is 6.09 Å². The lowest BCUT2D eigenvalue weighted by atomic mass is 10.1. The van der Waals surface area contributed by atoms with Crippen LogP contribution in [0.2, 0.25) is 0 Å². The van der Waals surface area contributed by atoms with Gasteiger partial charge in [-0.2, -0.15) is 5.26 Å². The van der Waals surface area contributed by atoms with E-state index in [1.807, 2.05) is 30.3 Å². The Hall–Kier alpha value is -3.26. The molecule has 0 aliphatic carbocycles. The molecule has 0 bridgehead atoms. The average Bonchev–Trinajstić information content (AvgIpc) is 2.59. The van der Waals surface area contributed by atoms with Crippen molar-refractivity contribution in [3.63, 3.8) is 0 Å². The number of hydrogen-bond donors (Lipinski definition) is 2. The van der Waals surface area contributed by atoms with E-state index in [-0.39, 0.29) is 6.61 Å². The Morgan fingerprint density at radius 2 is 2.04 bits per heavy atom. The van der Waals surface area contributed by atoms with Crippen LogP contribution in [0.25, 0.3) is 6.08 Å². The van der Waals surface area contributed by atoms with Gasteiger partial charge in [-0.25, -0.2) is 4.79 Å².